The lowest BCUT2D eigenvalue weighted by molar-refractivity contribution is 0.316. The molecule has 0 fully saturated rings. The normalized spacial score (nSPS) is 12.8. The van der Waals surface area contributed by atoms with Gasteiger partial charge in [0.05, 0.1) is 6.20 Å². The molecule has 0 unspecified atom stereocenters. The molecule has 0 amide bonds. The number of rotatable bonds is 7. The minimum absolute atomic E-state index is 0.105. The second-order valence-corrected chi connectivity index (χ2v) is 5.15. The molecule has 5 N–H and O–H groups in total. The van der Waals surface area contributed by atoms with Crippen molar-refractivity contribution in [1.82, 2.24) is 14.9 Å². The third kappa shape index (κ3) is 4.41. The minimum atomic E-state index is -3.48. The van der Waals surface area contributed by atoms with Crippen LogP contribution in [-0.4, -0.2) is 36.2 Å². The Balaban J connectivity index is 2.28. The van der Waals surface area contributed by atoms with E-state index >= 15 is 0 Å². The zero-order valence-corrected chi connectivity index (χ0v) is 9.94. The van der Waals surface area contributed by atoms with E-state index < -0.39 is 10.0 Å². The number of hydrogen-bond donors (Lipinski definition) is 4. The number of nitrogens with two attached hydrogens (primary N) is 1. The Labute approximate surface area is 98.9 Å². The predicted molar refractivity (Wildman–Crippen MR) is 61.0 cm³/mol. The molecule has 9 heteroatoms. The second-order valence-electron chi connectivity index (χ2n) is 3.38. The van der Waals surface area contributed by atoms with Gasteiger partial charge < -0.3 is 10.9 Å². The van der Waals surface area contributed by atoms with Gasteiger partial charge in [0, 0.05) is 19.2 Å². The van der Waals surface area contributed by atoms with Crippen molar-refractivity contribution in [2.24, 2.45) is 10.9 Å². The highest BCUT2D eigenvalue weighted by Crippen LogP contribution is 2.04. The molecule has 0 atom stereocenters. The summed E-state index contributed by atoms with van der Waals surface area (Å²) in [7, 11) is -3.48. The lowest BCUT2D eigenvalue weighted by atomic mass is 10.2. The molecule has 0 aliphatic rings. The number of sulfonamides is 1. The average molecular weight is 261 g/mol. The van der Waals surface area contributed by atoms with Gasteiger partial charge in [-0.15, -0.1) is 0 Å². The lowest BCUT2D eigenvalue weighted by Crippen LogP contribution is -2.24. The first-order valence-corrected chi connectivity index (χ1v) is 6.49. The van der Waals surface area contributed by atoms with Gasteiger partial charge in [0.15, 0.2) is 0 Å². The summed E-state index contributed by atoms with van der Waals surface area (Å²) in [5, 5.41) is 17.1. The molecule has 0 saturated heterocycles. The molecular weight excluding hydrogens is 246 g/mol. The molecule has 1 aromatic heterocycles. The summed E-state index contributed by atoms with van der Waals surface area (Å²) >= 11 is 0. The van der Waals surface area contributed by atoms with Crippen LogP contribution in [0.5, 0.6) is 0 Å². The molecule has 0 spiro atoms. The van der Waals surface area contributed by atoms with Gasteiger partial charge in [-0.25, -0.2) is 13.1 Å². The Bertz CT molecular complexity index is 454. The Morgan fingerprint density at radius 1 is 1.59 bits per heavy atom. The first-order valence-electron chi connectivity index (χ1n) is 5.01. The van der Waals surface area contributed by atoms with Crippen LogP contribution < -0.4 is 10.5 Å². The molecule has 8 nitrogen and oxygen atoms in total. The van der Waals surface area contributed by atoms with E-state index in [4.69, 9.17) is 10.9 Å². The third-order valence-corrected chi connectivity index (χ3v) is 3.49. The van der Waals surface area contributed by atoms with E-state index in [2.05, 4.69) is 20.1 Å². The van der Waals surface area contributed by atoms with Gasteiger partial charge in [-0.05, 0) is 12.8 Å². The first kappa shape index (κ1) is 13.5. The molecule has 0 bridgehead atoms. The smallest absolute Gasteiger partial charge is 0.243 e. The molecule has 0 aliphatic heterocycles. The number of H-pyrrole nitrogens is 1. The van der Waals surface area contributed by atoms with Gasteiger partial charge in [-0.1, -0.05) is 5.16 Å². The van der Waals surface area contributed by atoms with Crippen molar-refractivity contribution in [2.45, 2.75) is 24.2 Å². The van der Waals surface area contributed by atoms with Crippen LogP contribution in [0.4, 0.5) is 0 Å². The number of nitrogens with zero attached hydrogens (tertiary/aromatic N) is 2. The maximum atomic E-state index is 11.6. The quantitative estimate of drug-likeness (QED) is 0.174. The fraction of sp³-hybridized carbons (Fsp3) is 0.500. The largest absolute Gasteiger partial charge is 0.409 e. The lowest BCUT2D eigenvalue weighted by Gasteiger charge is -2.03. The van der Waals surface area contributed by atoms with E-state index in [0.717, 1.165) is 0 Å². The van der Waals surface area contributed by atoms with Gasteiger partial charge >= 0.3 is 0 Å². The fourth-order valence-corrected chi connectivity index (χ4v) is 2.14. The summed E-state index contributed by atoms with van der Waals surface area (Å²) in [5.41, 5.74) is 5.27. The summed E-state index contributed by atoms with van der Waals surface area (Å²) < 4.78 is 25.6. The van der Waals surface area contributed by atoms with Gasteiger partial charge in [-0.3, -0.25) is 5.10 Å². The van der Waals surface area contributed by atoms with Crippen molar-refractivity contribution >= 4 is 15.9 Å². The molecule has 17 heavy (non-hydrogen) atoms. The van der Waals surface area contributed by atoms with Gasteiger partial charge in [-0.2, -0.15) is 5.10 Å². The van der Waals surface area contributed by atoms with Crippen LogP contribution in [-0.2, 0) is 10.0 Å². The van der Waals surface area contributed by atoms with Crippen molar-refractivity contribution < 1.29 is 13.6 Å². The van der Waals surface area contributed by atoms with Crippen LogP contribution in [0.3, 0.4) is 0 Å². The van der Waals surface area contributed by atoms with E-state index in [9.17, 15) is 8.42 Å². The van der Waals surface area contributed by atoms with E-state index in [1.54, 1.807) is 0 Å². The highest BCUT2D eigenvalue weighted by molar-refractivity contribution is 7.89. The molecule has 1 heterocycles. The van der Waals surface area contributed by atoms with Crippen LogP contribution in [0.25, 0.3) is 0 Å². The van der Waals surface area contributed by atoms with Crippen molar-refractivity contribution in [3.05, 3.63) is 12.4 Å². The zero-order chi connectivity index (χ0) is 12.7. The number of aromatic nitrogens is 2. The highest BCUT2D eigenvalue weighted by Gasteiger charge is 2.13. The zero-order valence-electron chi connectivity index (χ0n) is 9.13. The second kappa shape index (κ2) is 6.21. The highest BCUT2D eigenvalue weighted by atomic mass is 32.2. The van der Waals surface area contributed by atoms with E-state index in [-0.39, 0.29) is 10.7 Å². The molecular formula is C8H15N5O3S. The Kier molecular flexibility index (Phi) is 4.91. The topological polar surface area (TPSA) is 133 Å². The van der Waals surface area contributed by atoms with Crippen molar-refractivity contribution in [1.29, 1.82) is 0 Å². The summed E-state index contributed by atoms with van der Waals surface area (Å²) in [6, 6.07) is 0. The predicted octanol–water partition coefficient (Wildman–Crippen LogP) is -0.395. The number of amidine groups is 1. The van der Waals surface area contributed by atoms with Crippen LogP contribution in [0, 0.1) is 0 Å². The van der Waals surface area contributed by atoms with Crippen LogP contribution in [0.15, 0.2) is 22.4 Å². The summed E-state index contributed by atoms with van der Waals surface area (Å²) in [4.78, 5) is 0.105. The molecule has 1 rings (SSSR count). The summed E-state index contributed by atoms with van der Waals surface area (Å²) in [6.45, 7) is 0.298. The standard InChI is InChI=1S/C8H15N5O3S/c9-8(13-14)3-1-2-4-12-17(15,16)7-5-10-11-6-7/h5-6,12,14H,1-4H2,(H2,9,13)(H,10,11). The van der Waals surface area contributed by atoms with Crippen molar-refractivity contribution in [2.75, 3.05) is 6.54 Å². The summed E-state index contributed by atoms with van der Waals surface area (Å²) in [5.74, 6) is 0.141. The van der Waals surface area contributed by atoms with Gasteiger partial charge in [0.1, 0.15) is 10.7 Å². The SMILES string of the molecule is NC(CCCCNS(=O)(=O)c1cn[nH]c1)=NO. The van der Waals surface area contributed by atoms with Crippen LogP contribution in [0.2, 0.25) is 0 Å². The maximum absolute atomic E-state index is 11.6. The Morgan fingerprint density at radius 2 is 2.35 bits per heavy atom. The van der Waals surface area contributed by atoms with E-state index in [1.807, 2.05) is 0 Å². The molecule has 0 aliphatic carbocycles. The van der Waals surface area contributed by atoms with E-state index in [0.29, 0.717) is 25.8 Å². The van der Waals surface area contributed by atoms with Gasteiger partial charge in [0.2, 0.25) is 10.0 Å². The number of nitrogens with one attached hydrogen (secondary N) is 2. The Morgan fingerprint density at radius 3 is 2.94 bits per heavy atom. The number of unbranched alkanes of at least 4 members (excludes halogenated alkanes) is 1. The Hall–Kier alpha value is -1.61. The summed E-state index contributed by atoms with van der Waals surface area (Å²) in [6.07, 6.45) is 4.22. The number of oxime groups is 1. The monoisotopic (exact) mass is 261 g/mol. The number of aromatic amines is 1. The molecule has 1 aromatic rings. The average Bonchev–Trinajstić information content (AvgIpc) is 2.82. The minimum Gasteiger partial charge on any atom is -0.409 e. The molecule has 0 radical (unpaired) electrons. The van der Waals surface area contributed by atoms with Crippen molar-refractivity contribution in [3.63, 3.8) is 0 Å². The van der Waals surface area contributed by atoms with E-state index in [1.165, 1.54) is 12.4 Å². The van der Waals surface area contributed by atoms with Crippen LogP contribution >= 0.6 is 0 Å². The number of hydrogen-bond acceptors (Lipinski definition) is 5. The molecule has 96 valence electrons. The fourth-order valence-electron chi connectivity index (χ4n) is 1.16. The first-order chi connectivity index (χ1) is 8.06. The molecule has 0 saturated carbocycles. The molecule has 0 aromatic carbocycles. The maximum Gasteiger partial charge on any atom is 0.243 e. The van der Waals surface area contributed by atoms with Crippen molar-refractivity contribution in [3.8, 4) is 0 Å². The van der Waals surface area contributed by atoms with Crippen LogP contribution in [0.1, 0.15) is 19.3 Å². The third-order valence-electron chi connectivity index (χ3n) is 2.06. The van der Waals surface area contributed by atoms with Gasteiger partial charge in [0.25, 0.3) is 0 Å².